The molecule has 5 aromatic rings. The Morgan fingerprint density at radius 1 is 0.935 bits per heavy atom. The van der Waals surface area contributed by atoms with Gasteiger partial charge in [-0.3, -0.25) is 0 Å². The van der Waals surface area contributed by atoms with Gasteiger partial charge in [0.15, 0.2) is 0 Å². The fourth-order valence-corrected chi connectivity index (χ4v) is 5.63. The zero-order valence-corrected chi connectivity index (χ0v) is 20.5. The van der Waals surface area contributed by atoms with Gasteiger partial charge in [-0.1, -0.05) is 58.5 Å². The van der Waals surface area contributed by atoms with Gasteiger partial charge in [-0.15, -0.1) is 5.39 Å². The maximum Gasteiger partial charge on any atom is 0.240 e. The summed E-state index contributed by atoms with van der Waals surface area (Å²) in [6, 6.07) is 23.1. The molecular weight excluding hydrogens is 557 g/mol. The van der Waals surface area contributed by atoms with Crippen molar-refractivity contribution >= 4 is 39.4 Å². The molecule has 1 aliphatic rings. The summed E-state index contributed by atoms with van der Waals surface area (Å²) >= 11 is 0. The molecule has 6 rings (SSSR count). The Kier molecular flexibility index (Phi) is 4.55. The average molecular weight is 581 g/mol. The van der Waals surface area contributed by atoms with Crippen LogP contribution in [0.1, 0.15) is 25.0 Å². The van der Waals surface area contributed by atoms with E-state index in [4.69, 9.17) is 4.98 Å². The third-order valence-electron chi connectivity index (χ3n) is 6.93. The van der Waals surface area contributed by atoms with E-state index in [1.165, 1.54) is 38.3 Å². The van der Waals surface area contributed by atoms with Gasteiger partial charge >= 0.3 is 0 Å². The number of para-hydroxylation sites is 2. The van der Waals surface area contributed by atoms with Crippen LogP contribution in [0.2, 0.25) is 0 Å². The summed E-state index contributed by atoms with van der Waals surface area (Å²) in [5.41, 5.74) is 7.58. The molecule has 0 saturated carbocycles. The number of hydrogen-bond acceptors (Lipinski definition) is 1. The second-order valence-electron chi connectivity index (χ2n) is 9.00. The van der Waals surface area contributed by atoms with E-state index in [0.29, 0.717) is 0 Å². The summed E-state index contributed by atoms with van der Waals surface area (Å²) in [6.07, 6.45) is 4.05. The Balaban J connectivity index is 0.00000204. The molecule has 0 atom stereocenters. The van der Waals surface area contributed by atoms with Crippen LogP contribution in [0, 0.1) is 19.9 Å². The van der Waals surface area contributed by atoms with Gasteiger partial charge in [0.1, 0.15) is 0 Å². The van der Waals surface area contributed by atoms with Crippen molar-refractivity contribution < 1.29 is 20.1 Å². The van der Waals surface area contributed by atoms with Crippen molar-refractivity contribution in [2.75, 3.05) is 0 Å². The topological polar surface area (TPSA) is 22.8 Å². The van der Waals surface area contributed by atoms with Crippen LogP contribution in [0.15, 0.2) is 67.0 Å². The van der Waals surface area contributed by atoms with E-state index in [1.807, 2.05) is 12.3 Å². The first-order valence-corrected chi connectivity index (χ1v) is 10.5. The Bertz CT molecular complexity index is 1440. The molecule has 0 bridgehead atoms. The van der Waals surface area contributed by atoms with Gasteiger partial charge in [-0.2, -0.15) is 24.3 Å². The standard InChI is InChI=1S/C26H23BN3.Ir/c1-17-9-7-10-18(2)23(17)27-21-13-8-12-20-19-11-5-6-14-22(19)30(24(20)21)25-28-15-16-29(25)26(27,3)4;/h5-13,15-16H,1-4H3;/q-1;. The Labute approximate surface area is 196 Å². The number of imidazole rings is 1. The van der Waals surface area contributed by atoms with Crippen LogP contribution in [0.3, 0.4) is 0 Å². The molecule has 5 heteroatoms. The molecule has 0 amide bonds. The van der Waals surface area contributed by atoms with Crippen LogP contribution in [0.5, 0.6) is 0 Å². The average Bonchev–Trinajstić information content (AvgIpc) is 3.32. The molecular formula is C26H23BIrN3-. The minimum absolute atomic E-state index is 0. The fourth-order valence-electron chi connectivity index (χ4n) is 5.63. The molecule has 3 heterocycles. The normalized spacial score (nSPS) is 14.4. The molecule has 2 aromatic heterocycles. The molecule has 0 aliphatic carbocycles. The summed E-state index contributed by atoms with van der Waals surface area (Å²) in [5, 5.41) is 2.49. The van der Waals surface area contributed by atoms with Crippen molar-refractivity contribution in [1.82, 2.24) is 14.1 Å². The van der Waals surface area contributed by atoms with Gasteiger partial charge in [0.2, 0.25) is 12.7 Å². The smallest absolute Gasteiger partial charge is 0.240 e. The van der Waals surface area contributed by atoms with Crippen molar-refractivity contribution in [1.29, 1.82) is 0 Å². The summed E-state index contributed by atoms with van der Waals surface area (Å²) in [5.74, 6) is 0.962. The first kappa shape index (κ1) is 20.3. The van der Waals surface area contributed by atoms with E-state index in [2.05, 4.69) is 97.6 Å². The minimum atomic E-state index is -0.197. The van der Waals surface area contributed by atoms with Gasteiger partial charge < -0.3 is 9.13 Å². The van der Waals surface area contributed by atoms with Crippen molar-refractivity contribution in [2.24, 2.45) is 0 Å². The molecule has 0 saturated heterocycles. The number of aryl methyl sites for hydroxylation is 2. The van der Waals surface area contributed by atoms with Crippen LogP contribution in [0.25, 0.3) is 27.8 Å². The summed E-state index contributed by atoms with van der Waals surface area (Å²) in [4.78, 5) is 4.84. The molecule has 31 heavy (non-hydrogen) atoms. The number of rotatable bonds is 1. The molecule has 1 radical (unpaired) electrons. The molecule has 0 spiro atoms. The molecule has 155 valence electrons. The minimum Gasteiger partial charge on any atom is -0.318 e. The fraction of sp³-hybridized carbons (Fsp3) is 0.192. The van der Waals surface area contributed by atoms with Crippen molar-refractivity contribution in [3.63, 3.8) is 0 Å². The molecule has 1 aliphatic heterocycles. The number of hydrogen-bond donors (Lipinski definition) is 0. The molecule has 0 unspecified atom stereocenters. The number of benzene rings is 3. The SMILES string of the molecule is Cc1cccc(C)c1B1c2cccc3c4ccc[c-]c4n(c23)-c2nccn2C1(C)C.[Ir]. The van der Waals surface area contributed by atoms with Gasteiger partial charge in [-0.05, 0) is 38.5 Å². The van der Waals surface area contributed by atoms with Crippen molar-refractivity contribution in [2.45, 2.75) is 33.1 Å². The second kappa shape index (κ2) is 6.95. The number of aromatic nitrogens is 3. The Morgan fingerprint density at radius 3 is 2.42 bits per heavy atom. The second-order valence-corrected chi connectivity index (χ2v) is 9.00. The summed E-state index contributed by atoms with van der Waals surface area (Å²) < 4.78 is 4.67. The first-order chi connectivity index (χ1) is 14.5. The summed E-state index contributed by atoms with van der Waals surface area (Å²) in [7, 11) is 0. The van der Waals surface area contributed by atoms with Gasteiger partial charge in [0, 0.05) is 43.5 Å². The zero-order chi connectivity index (χ0) is 20.6. The number of fused-ring (bicyclic) bond motifs is 5. The van der Waals surface area contributed by atoms with E-state index in [0.717, 1.165) is 11.5 Å². The van der Waals surface area contributed by atoms with E-state index in [9.17, 15) is 0 Å². The first-order valence-electron chi connectivity index (χ1n) is 10.5. The largest absolute Gasteiger partial charge is 0.318 e. The predicted octanol–water partition coefficient (Wildman–Crippen LogP) is 4.29. The van der Waals surface area contributed by atoms with Crippen LogP contribution >= 0.6 is 0 Å². The molecule has 3 aromatic carbocycles. The van der Waals surface area contributed by atoms with Crippen LogP contribution in [-0.4, -0.2) is 20.8 Å². The third kappa shape index (κ3) is 2.60. The van der Waals surface area contributed by atoms with Crippen molar-refractivity contribution in [3.8, 4) is 5.95 Å². The van der Waals surface area contributed by atoms with E-state index in [1.54, 1.807) is 0 Å². The summed E-state index contributed by atoms with van der Waals surface area (Å²) in [6.45, 7) is 9.35. The monoisotopic (exact) mass is 581 g/mol. The number of nitrogens with zero attached hydrogens (tertiary/aromatic N) is 3. The molecule has 0 N–H and O–H groups in total. The maximum absolute atomic E-state index is 4.84. The van der Waals surface area contributed by atoms with Crippen LogP contribution in [-0.2, 0) is 25.5 Å². The third-order valence-corrected chi connectivity index (χ3v) is 6.93. The Hall–Kier alpha value is -2.62. The molecule has 0 fully saturated rings. The van der Waals surface area contributed by atoms with E-state index < -0.39 is 0 Å². The maximum atomic E-state index is 4.84. The zero-order valence-electron chi connectivity index (χ0n) is 18.1. The Morgan fingerprint density at radius 2 is 1.65 bits per heavy atom. The van der Waals surface area contributed by atoms with Gasteiger partial charge in [0.05, 0.1) is 0 Å². The van der Waals surface area contributed by atoms with Gasteiger partial charge in [-0.25, -0.2) is 4.98 Å². The van der Waals surface area contributed by atoms with E-state index >= 15 is 0 Å². The van der Waals surface area contributed by atoms with Crippen LogP contribution < -0.4 is 10.9 Å². The van der Waals surface area contributed by atoms with Crippen LogP contribution in [0.4, 0.5) is 0 Å². The molecule has 3 nitrogen and oxygen atoms in total. The van der Waals surface area contributed by atoms with E-state index in [-0.39, 0.29) is 32.3 Å². The quantitative estimate of drug-likeness (QED) is 0.214. The van der Waals surface area contributed by atoms with Crippen molar-refractivity contribution in [3.05, 3.63) is 84.2 Å². The van der Waals surface area contributed by atoms with Gasteiger partial charge in [0.25, 0.3) is 0 Å². The predicted molar refractivity (Wildman–Crippen MR) is 126 cm³/mol.